The molecule has 0 fully saturated rings. The third kappa shape index (κ3) is 2.44. The van der Waals surface area contributed by atoms with E-state index >= 15 is 0 Å². The van der Waals surface area contributed by atoms with E-state index in [2.05, 4.69) is 71.7 Å². The summed E-state index contributed by atoms with van der Waals surface area (Å²) in [6, 6.07) is 31.2. The molecule has 2 nitrogen and oxygen atoms in total. The van der Waals surface area contributed by atoms with E-state index in [-0.39, 0.29) is 0 Å². The summed E-state index contributed by atoms with van der Waals surface area (Å²) in [4.78, 5) is 9.58. The minimum atomic E-state index is 0.945. The van der Waals surface area contributed by atoms with Crippen molar-refractivity contribution >= 4 is 21.8 Å². The predicted molar refractivity (Wildman–Crippen MR) is 108 cm³/mol. The standard InChI is InChI=1S/C24H16N2/c1-2-9-18(10-3-1)24-19-11-5-7-13-22(19)25-16-20(24)23-15-14-17-8-4-6-12-21(17)26-23/h1-16H. The van der Waals surface area contributed by atoms with Crippen molar-refractivity contribution in [3.63, 3.8) is 0 Å². The van der Waals surface area contributed by atoms with Gasteiger partial charge in [0.05, 0.1) is 16.7 Å². The van der Waals surface area contributed by atoms with Crippen LogP contribution in [-0.4, -0.2) is 9.97 Å². The topological polar surface area (TPSA) is 25.8 Å². The number of nitrogens with zero attached hydrogens (tertiary/aromatic N) is 2. The molecule has 0 bridgehead atoms. The predicted octanol–water partition coefficient (Wildman–Crippen LogP) is 6.12. The van der Waals surface area contributed by atoms with Crippen molar-refractivity contribution in [3.05, 3.63) is 97.2 Å². The molecule has 26 heavy (non-hydrogen) atoms. The highest BCUT2D eigenvalue weighted by Gasteiger charge is 2.13. The van der Waals surface area contributed by atoms with Crippen LogP contribution in [0.5, 0.6) is 0 Å². The Balaban J connectivity index is 1.84. The van der Waals surface area contributed by atoms with E-state index < -0.39 is 0 Å². The molecule has 2 heterocycles. The van der Waals surface area contributed by atoms with Crippen LogP contribution in [0, 0.1) is 0 Å². The number of hydrogen-bond donors (Lipinski definition) is 0. The van der Waals surface area contributed by atoms with E-state index in [0.717, 1.165) is 33.1 Å². The minimum absolute atomic E-state index is 0.945. The van der Waals surface area contributed by atoms with Crippen molar-refractivity contribution in [2.45, 2.75) is 0 Å². The normalized spacial score (nSPS) is 11.1. The molecule has 0 saturated heterocycles. The largest absolute Gasteiger partial charge is 0.256 e. The summed E-state index contributed by atoms with van der Waals surface area (Å²) in [6.45, 7) is 0. The molecule has 5 rings (SSSR count). The van der Waals surface area contributed by atoms with Crippen LogP contribution in [0.4, 0.5) is 0 Å². The van der Waals surface area contributed by atoms with Crippen molar-refractivity contribution in [3.8, 4) is 22.4 Å². The molecule has 0 saturated carbocycles. The van der Waals surface area contributed by atoms with Crippen molar-refractivity contribution in [2.75, 3.05) is 0 Å². The van der Waals surface area contributed by atoms with E-state index in [1.54, 1.807) is 0 Å². The fraction of sp³-hybridized carbons (Fsp3) is 0. The maximum atomic E-state index is 4.90. The van der Waals surface area contributed by atoms with Crippen LogP contribution in [0.3, 0.4) is 0 Å². The summed E-state index contributed by atoms with van der Waals surface area (Å²) in [5.74, 6) is 0. The zero-order chi connectivity index (χ0) is 17.3. The van der Waals surface area contributed by atoms with Gasteiger partial charge in [0.15, 0.2) is 0 Å². The Labute approximate surface area is 151 Å². The first-order chi connectivity index (χ1) is 12.9. The molecule has 0 amide bonds. The second-order valence-electron chi connectivity index (χ2n) is 6.32. The molecule has 0 aliphatic heterocycles. The first-order valence-electron chi connectivity index (χ1n) is 8.69. The van der Waals surface area contributed by atoms with Crippen LogP contribution in [0.2, 0.25) is 0 Å². The van der Waals surface area contributed by atoms with E-state index in [1.165, 1.54) is 11.1 Å². The van der Waals surface area contributed by atoms with Gasteiger partial charge in [-0.05, 0) is 23.8 Å². The van der Waals surface area contributed by atoms with Gasteiger partial charge in [0, 0.05) is 28.1 Å². The van der Waals surface area contributed by atoms with E-state index in [9.17, 15) is 0 Å². The lowest BCUT2D eigenvalue weighted by atomic mass is 9.94. The molecular formula is C24H16N2. The monoisotopic (exact) mass is 332 g/mol. The zero-order valence-corrected chi connectivity index (χ0v) is 14.1. The highest BCUT2D eigenvalue weighted by Crippen LogP contribution is 2.36. The maximum Gasteiger partial charge on any atom is 0.0731 e. The Morgan fingerprint density at radius 2 is 1.31 bits per heavy atom. The van der Waals surface area contributed by atoms with Crippen molar-refractivity contribution < 1.29 is 0 Å². The molecule has 0 spiro atoms. The van der Waals surface area contributed by atoms with Gasteiger partial charge in [0.25, 0.3) is 0 Å². The van der Waals surface area contributed by atoms with Gasteiger partial charge in [-0.3, -0.25) is 4.98 Å². The van der Waals surface area contributed by atoms with Crippen molar-refractivity contribution in [2.24, 2.45) is 0 Å². The molecule has 0 aliphatic rings. The third-order valence-corrected chi connectivity index (χ3v) is 4.71. The van der Waals surface area contributed by atoms with E-state index in [0.29, 0.717) is 0 Å². The SMILES string of the molecule is c1ccc(-c2c(-c3ccc4ccccc4n3)cnc3ccccc23)cc1. The van der Waals surface area contributed by atoms with E-state index in [4.69, 9.17) is 4.98 Å². The van der Waals surface area contributed by atoms with Crippen LogP contribution in [0.25, 0.3) is 44.2 Å². The second kappa shape index (κ2) is 6.08. The molecule has 0 unspecified atom stereocenters. The van der Waals surface area contributed by atoms with Gasteiger partial charge in [-0.2, -0.15) is 0 Å². The fourth-order valence-electron chi connectivity index (χ4n) is 3.47. The van der Waals surface area contributed by atoms with Crippen LogP contribution >= 0.6 is 0 Å². The molecule has 0 radical (unpaired) electrons. The smallest absolute Gasteiger partial charge is 0.0731 e. The average Bonchev–Trinajstić information content (AvgIpc) is 2.73. The summed E-state index contributed by atoms with van der Waals surface area (Å²) in [6.07, 6.45) is 1.95. The van der Waals surface area contributed by atoms with Gasteiger partial charge in [-0.1, -0.05) is 72.8 Å². The number of benzene rings is 3. The van der Waals surface area contributed by atoms with Gasteiger partial charge in [0.2, 0.25) is 0 Å². The quantitative estimate of drug-likeness (QED) is 0.389. The molecule has 0 atom stereocenters. The third-order valence-electron chi connectivity index (χ3n) is 4.71. The molecule has 122 valence electrons. The first kappa shape index (κ1) is 14.8. The molecule has 3 aromatic carbocycles. The van der Waals surface area contributed by atoms with Gasteiger partial charge in [-0.15, -0.1) is 0 Å². The minimum Gasteiger partial charge on any atom is -0.256 e. The average molecular weight is 332 g/mol. The molecule has 5 aromatic rings. The highest BCUT2D eigenvalue weighted by molar-refractivity contribution is 6.02. The zero-order valence-electron chi connectivity index (χ0n) is 14.1. The van der Waals surface area contributed by atoms with Crippen molar-refractivity contribution in [1.82, 2.24) is 9.97 Å². The molecule has 2 heteroatoms. The van der Waals surface area contributed by atoms with Crippen molar-refractivity contribution in [1.29, 1.82) is 0 Å². The number of pyridine rings is 2. The van der Waals surface area contributed by atoms with Crippen LogP contribution < -0.4 is 0 Å². The van der Waals surface area contributed by atoms with Gasteiger partial charge < -0.3 is 0 Å². The Morgan fingerprint density at radius 1 is 0.577 bits per heavy atom. The number of aromatic nitrogens is 2. The van der Waals surface area contributed by atoms with Gasteiger partial charge >= 0.3 is 0 Å². The van der Waals surface area contributed by atoms with E-state index in [1.807, 2.05) is 30.5 Å². The maximum absolute atomic E-state index is 4.90. The summed E-state index contributed by atoms with van der Waals surface area (Å²) in [5.41, 5.74) is 6.35. The Kier molecular flexibility index (Phi) is 3.46. The number of rotatable bonds is 2. The Hall–Kier alpha value is -3.52. The summed E-state index contributed by atoms with van der Waals surface area (Å²) < 4.78 is 0. The summed E-state index contributed by atoms with van der Waals surface area (Å²) in [7, 11) is 0. The lowest BCUT2D eigenvalue weighted by Crippen LogP contribution is -1.93. The van der Waals surface area contributed by atoms with Crippen LogP contribution in [0.1, 0.15) is 0 Å². The molecule has 0 aliphatic carbocycles. The number of para-hydroxylation sites is 2. The fourth-order valence-corrected chi connectivity index (χ4v) is 3.47. The highest BCUT2D eigenvalue weighted by atomic mass is 14.7. The summed E-state index contributed by atoms with van der Waals surface area (Å²) in [5, 5.41) is 2.29. The second-order valence-corrected chi connectivity index (χ2v) is 6.32. The summed E-state index contributed by atoms with van der Waals surface area (Å²) >= 11 is 0. The van der Waals surface area contributed by atoms with Crippen LogP contribution in [-0.2, 0) is 0 Å². The first-order valence-corrected chi connectivity index (χ1v) is 8.69. The molecule has 2 aromatic heterocycles. The van der Waals surface area contributed by atoms with Gasteiger partial charge in [0.1, 0.15) is 0 Å². The molecular weight excluding hydrogens is 316 g/mol. The van der Waals surface area contributed by atoms with Crippen LogP contribution in [0.15, 0.2) is 97.2 Å². The number of hydrogen-bond acceptors (Lipinski definition) is 2. The lowest BCUT2D eigenvalue weighted by molar-refractivity contribution is 1.35. The van der Waals surface area contributed by atoms with Gasteiger partial charge in [-0.25, -0.2) is 4.98 Å². The Morgan fingerprint density at radius 3 is 2.19 bits per heavy atom. The number of fused-ring (bicyclic) bond motifs is 2. The lowest BCUT2D eigenvalue weighted by Gasteiger charge is -2.13. The molecule has 0 N–H and O–H groups in total. The Bertz CT molecular complexity index is 1230.